The first-order chi connectivity index (χ1) is 12.6. The van der Waals surface area contributed by atoms with Crippen LogP contribution in [0.3, 0.4) is 0 Å². The Morgan fingerprint density at radius 2 is 2.00 bits per heavy atom. The SMILES string of the molecule is Cn1cc(-c2ccccc2)nc1[C@H](O)[C@@H](O)C(=O)NCCc1cccs1. The van der Waals surface area contributed by atoms with Crippen molar-refractivity contribution < 1.29 is 15.0 Å². The fraction of sp³-hybridized carbons (Fsp3) is 0.263. The summed E-state index contributed by atoms with van der Waals surface area (Å²) in [6.07, 6.45) is -0.538. The first-order valence-corrected chi connectivity index (χ1v) is 9.19. The lowest BCUT2D eigenvalue weighted by Gasteiger charge is -2.17. The van der Waals surface area contributed by atoms with Crippen LogP contribution < -0.4 is 5.32 Å². The van der Waals surface area contributed by atoms with Crippen molar-refractivity contribution in [3.8, 4) is 11.3 Å². The van der Waals surface area contributed by atoms with Gasteiger partial charge in [0.15, 0.2) is 6.10 Å². The van der Waals surface area contributed by atoms with Crippen LogP contribution in [0, 0.1) is 0 Å². The molecule has 6 nitrogen and oxygen atoms in total. The minimum Gasteiger partial charge on any atom is -0.382 e. The summed E-state index contributed by atoms with van der Waals surface area (Å²) in [5, 5.41) is 25.2. The number of aliphatic hydroxyl groups excluding tert-OH is 2. The minimum absolute atomic E-state index is 0.241. The molecule has 0 radical (unpaired) electrons. The Hall–Kier alpha value is -2.48. The molecule has 3 aromatic rings. The summed E-state index contributed by atoms with van der Waals surface area (Å²) in [5.41, 5.74) is 1.57. The number of aliphatic hydroxyl groups is 2. The molecule has 0 fully saturated rings. The molecule has 0 saturated carbocycles. The monoisotopic (exact) mass is 371 g/mol. The van der Waals surface area contributed by atoms with E-state index in [0.717, 1.165) is 10.4 Å². The quantitative estimate of drug-likeness (QED) is 0.592. The van der Waals surface area contributed by atoms with E-state index in [0.29, 0.717) is 18.7 Å². The number of hydrogen-bond acceptors (Lipinski definition) is 5. The smallest absolute Gasteiger partial charge is 0.252 e. The molecule has 1 amide bonds. The van der Waals surface area contributed by atoms with E-state index in [1.165, 1.54) is 0 Å². The van der Waals surface area contributed by atoms with E-state index < -0.39 is 18.1 Å². The van der Waals surface area contributed by atoms with E-state index in [2.05, 4.69) is 10.3 Å². The Labute approximate surface area is 155 Å². The second-order valence-electron chi connectivity index (χ2n) is 5.97. The zero-order valence-corrected chi connectivity index (χ0v) is 15.2. The molecule has 0 aliphatic carbocycles. The molecule has 0 bridgehead atoms. The maximum absolute atomic E-state index is 12.1. The Balaban J connectivity index is 1.63. The average molecular weight is 371 g/mol. The molecule has 136 valence electrons. The van der Waals surface area contributed by atoms with Crippen LogP contribution in [-0.4, -0.2) is 38.3 Å². The van der Waals surface area contributed by atoms with E-state index in [1.807, 2.05) is 47.8 Å². The highest BCUT2D eigenvalue weighted by atomic mass is 32.1. The average Bonchev–Trinajstić information content (AvgIpc) is 3.31. The van der Waals surface area contributed by atoms with Gasteiger partial charge in [0.05, 0.1) is 5.69 Å². The number of carbonyl (C=O) groups is 1. The van der Waals surface area contributed by atoms with Gasteiger partial charge in [0.25, 0.3) is 5.91 Å². The largest absolute Gasteiger partial charge is 0.382 e. The first kappa shape index (κ1) is 18.3. The van der Waals surface area contributed by atoms with E-state index >= 15 is 0 Å². The van der Waals surface area contributed by atoms with Crippen LogP contribution in [0.4, 0.5) is 0 Å². The van der Waals surface area contributed by atoms with Gasteiger partial charge in [-0.2, -0.15) is 0 Å². The van der Waals surface area contributed by atoms with E-state index in [1.54, 1.807) is 29.1 Å². The highest BCUT2D eigenvalue weighted by molar-refractivity contribution is 7.09. The van der Waals surface area contributed by atoms with Gasteiger partial charge in [-0.25, -0.2) is 4.98 Å². The van der Waals surface area contributed by atoms with Crippen molar-refractivity contribution in [2.75, 3.05) is 6.54 Å². The highest BCUT2D eigenvalue weighted by Gasteiger charge is 2.29. The number of nitrogens with zero attached hydrogens (tertiary/aromatic N) is 2. The summed E-state index contributed by atoms with van der Waals surface area (Å²) in [6, 6.07) is 13.5. The number of nitrogens with one attached hydrogen (secondary N) is 1. The lowest BCUT2D eigenvalue weighted by Crippen LogP contribution is -2.40. The van der Waals surface area contributed by atoms with Crippen LogP contribution in [-0.2, 0) is 18.3 Å². The summed E-state index contributed by atoms with van der Waals surface area (Å²) in [7, 11) is 1.72. The van der Waals surface area contributed by atoms with Crippen LogP contribution in [0.1, 0.15) is 16.8 Å². The van der Waals surface area contributed by atoms with Gasteiger partial charge in [0, 0.05) is 30.2 Å². The molecule has 2 atom stereocenters. The number of aryl methyl sites for hydroxylation is 1. The number of hydrogen-bond donors (Lipinski definition) is 3. The number of thiophene rings is 1. The number of benzene rings is 1. The number of rotatable bonds is 7. The Morgan fingerprint density at radius 1 is 1.23 bits per heavy atom. The van der Waals surface area contributed by atoms with Crippen LogP contribution in [0.25, 0.3) is 11.3 Å². The molecule has 0 aliphatic heterocycles. The maximum Gasteiger partial charge on any atom is 0.252 e. The summed E-state index contributed by atoms with van der Waals surface area (Å²) >= 11 is 1.61. The van der Waals surface area contributed by atoms with Crippen molar-refractivity contribution in [2.24, 2.45) is 7.05 Å². The molecule has 0 aliphatic rings. The Kier molecular flexibility index (Phi) is 5.82. The molecule has 0 spiro atoms. The molecule has 0 saturated heterocycles. The third kappa shape index (κ3) is 4.19. The number of imidazole rings is 1. The van der Waals surface area contributed by atoms with Gasteiger partial charge in [-0.05, 0) is 17.9 Å². The normalized spacial score (nSPS) is 13.3. The topological polar surface area (TPSA) is 87.4 Å². The Bertz CT molecular complexity index is 846. The van der Waals surface area contributed by atoms with Crippen molar-refractivity contribution in [3.05, 3.63) is 64.7 Å². The molecule has 2 heterocycles. The van der Waals surface area contributed by atoms with Gasteiger partial charge in [-0.15, -0.1) is 11.3 Å². The van der Waals surface area contributed by atoms with Crippen LogP contribution in [0.2, 0.25) is 0 Å². The lowest BCUT2D eigenvalue weighted by molar-refractivity contribution is -0.135. The number of aromatic nitrogens is 2. The van der Waals surface area contributed by atoms with Crippen molar-refractivity contribution in [2.45, 2.75) is 18.6 Å². The van der Waals surface area contributed by atoms with Crippen molar-refractivity contribution in [1.82, 2.24) is 14.9 Å². The second kappa shape index (κ2) is 8.27. The fourth-order valence-electron chi connectivity index (χ4n) is 2.66. The predicted molar refractivity (Wildman–Crippen MR) is 101 cm³/mol. The molecule has 0 unspecified atom stereocenters. The van der Waals surface area contributed by atoms with E-state index in [4.69, 9.17) is 0 Å². The van der Waals surface area contributed by atoms with Gasteiger partial charge < -0.3 is 20.1 Å². The zero-order valence-electron chi connectivity index (χ0n) is 14.4. The summed E-state index contributed by atoms with van der Waals surface area (Å²) in [6.45, 7) is 0.402. The second-order valence-corrected chi connectivity index (χ2v) is 7.00. The van der Waals surface area contributed by atoms with Gasteiger partial charge in [-0.3, -0.25) is 4.79 Å². The molecule has 2 aromatic heterocycles. The molecule has 3 rings (SSSR count). The van der Waals surface area contributed by atoms with Crippen LogP contribution in [0.5, 0.6) is 0 Å². The maximum atomic E-state index is 12.1. The number of amides is 1. The van der Waals surface area contributed by atoms with Crippen molar-refractivity contribution in [3.63, 3.8) is 0 Å². The van der Waals surface area contributed by atoms with E-state index in [9.17, 15) is 15.0 Å². The zero-order chi connectivity index (χ0) is 18.5. The summed E-state index contributed by atoms with van der Waals surface area (Å²) < 4.78 is 1.62. The number of carbonyl (C=O) groups excluding carboxylic acids is 1. The van der Waals surface area contributed by atoms with Gasteiger partial charge in [0.2, 0.25) is 0 Å². The molecular weight excluding hydrogens is 350 g/mol. The van der Waals surface area contributed by atoms with Crippen molar-refractivity contribution >= 4 is 17.2 Å². The third-order valence-electron chi connectivity index (χ3n) is 4.06. The molecule has 1 aromatic carbocycles. The molecule has 26 heavy (non-hydrogen) atoms. The molecule has 3 N–H and O–H groups in total. The lowest BCUT2D eigenvalue weighted by atomic mass is 10.1. The Morgan fingerprint density at radius 3 is 2.69 bits per heavy atom. The van der Waals surface area contributed by atoms with Crippen LogP contribution >= 0.6 is 11.3 Å². The standard InChI is InChI=1S/C19H21N3O3S/c1-22-12-15(13-6-3-2-4-7-13)21-18(22)16(23)17(24)19(25)20-10-9-14-8-5-11-26-14/h2-8,11-12,16-17,23-24H,9-10H2,1H3,(H,20,25)/t16-,17-/m1/s1. The first-order valence-electron chi connectivity index (χ1n) is 8.31. The van der Waals surface area contributed by atoms with E-state index in [-0.39, 0.29) is 5.82 Å². The van der Waals surface area contributed by atoms with Crippen LogP contribution in [0.15, 0.2) is 54.0 Å². The molecular formula is C19H21N3O3S. The van der Waals surface area contributed by atoms with Gasteiger partial charge >= 0.3 is 0 Å². The highest BCUT2D eigenvalue weighted by Crippen LogP contribution is 2.22. The molecule has 7 heteroatoms. The van der Waals surface area contributed by atoms with Gasteiger partial charge in [-0.1, -0.05) is 36.4 Å². The third-order valence-corrected chi connectivity index (χ3v) is 5.00. The van der Waals surface area contributed by atoms with Gasteiger partial charge in [0.1, 0.15) is 11.9 Å². The summed E-state index contributed by atoms with van der Waals surface area (Å²) in [5.74, 6) is -0.372. The summed E-state index contributed by atoms with van der Waals surface area (Å²) in [4.78, 5) is 17.6. The fourth-order valence-corrected chi connectivity index (χ4v) is 3.37. The minimum atomic E-state index is -1.58. The predicted octanol–water partition coefficient (Wildman–Crippen LogP) is 1.90. The van der Waals surface area contributed by atoms with Crippen molar-refractivity contribution in [1.29, 1.82) is 0 Å².